The minimum Gasteiger partial charge on any atom is -0.391 e. The van der Waals surface area contributed by atoms with Crippen molar-refractivity contribution in [2.24, 2.45) is 0 Å². The fourth-order valence-corrected chi connectivity index (χ4v) is 4.26. The Morgan fingerprint density at radius 3 is 2.97 bits per heavy atom. The van der Waals surface area contributed by atoms with E-state index in [9.17, 15) is 18.7 Å². The summed E-state index contributed by atoms with van der Waals surface area (Å²) in [4.78, 5) is 20.5. The van der Waals surface area contributed by atoms with Crippen LogP contribution in [-0.2, 0) is 0 Å². The molecule has 3 aromatic rings. The number of hydrogen-bond acceptors (Lipinski definition) is 5. The third-order valence-electron chi connectivity index (χ3n) is 5.78. The third-order valence-corrected chi connectivity index (χ3v) is 5.78. The second kappa shape index (κ2) is 7.77. The second-order valence-corrected chi connectivity index (χ2v) is 7.79. The number of likely N-dealkylation sites (tertiary alicyclic amines) is 1. The molecule has 2 fully saturated rings. The maximum Gasteiger partial charge on any atom is 0.322 e. The molecule has 2 aromatic heterocycles. The Morgan fingerprint density at radius 1 is 1.29 bits per heavy atom. The average Bonchev–Trinajstić information content (AvgIpc) is 3.54. The average molecular weight is 430 g/mol. The van der Waals surface area contributed by atoms with Gasteiger partial charge in [-0.25, -0.2) is 23.1 Å². The number of carbonyl (C=O) groups excluding carboxylic acids is 1. The summed E-state index contributed by atoms with van der Waals surface area (Å²) < 4.78 is 45.6. The number of urea groups is 1. The largest absolute Gasteiger partial charge is 0.391 e. The first kappa shape index (κ1) is 17.4. The number of nitrogens with zero attached hydrogens (tertiary/aromatic N) is 5. The van der Waals surface area contributed by atoms with Gasteiger partial charge in [0.25, 0.3) is 0 Å². The van der Waals surface area contributed by atoms with Crippen molar-refractivity contribution in [3.05, 3.63) is 53.8 Å². The van der Waals surface area contributed by atoms with Gasteiger partial charge < -0.3 is 20.2 Å². The first-order chi connectivity index (χ1) is 15.8. The summed E-state index contributed by atoms with van der Waals surface area (Å²) in [6, 6.07) is 0.287. The number of β-amino-alcohol motifs (C(OH)–C–C–N with tert-alkyl or cyclic N) is 1. The number of aliphatic hydroxyl groups excluding tert-OH is 1. The molecule has 2 aliphatic rings. The van der Waals surface area contributed by atoms with Crippen molar-refractivity contribution in [2.45, 2.75) is 31.4 Å². The molecule has 0 radical (unpaired) electrons. The van der Waals surface area contributed by atoms with Crippen LogP contribution in [-0.4, -0.2) is 56.4 Å². The third kappa shape index (κ3) is 3.67. The number of hydrogen-bond donors (Lipinski definition) is 2. The van der Waals surface area contributed by atoms with Gasteiger partial charge >= 0.3 is 6.03 Å². The van der Waals surface area contributed by atoms with Gasteiger partial charge in [0.1, 0.15) is 23.1 Å². The van der Waals surface area contributed by atoms with E-state index < -0.39 is 35.9 Å². The Hall–Kier alpha value is -3.27. The van der Waals surface area contributed by atoms with Gasteiger partial charge in [0.2, 0.25) is 0 Å². The number of amides is 2. The van der Waals surface area contributed by atoms with E-state index in [1.807, 2.05) is 4.90 Å². The highest BCUT2D eigenvalue weighted by Crippen LogP contribution is 2.37. The normalized spacial score (nSPS) is 22.2. The molecular weight excluding hydrogens is 406 g/mol. The van der Waals surface area contributed by atoms with Crippen molar-refractivity contribution in [3.8, 4) is 0 Å². The molecule has 8 nitrogen and oxygen atoms in total. The first-order valence-electron chi connectivity index (χ1n) is 11.1. The number of halogens is 2. The molecule has 0 spiro atoms. The maximum atomic E-state index is 14.8. The lowest BCUT2D eigenvalue weighted by Gasteiger charge is -2.26. The van der Waals surface area contributed by atoms with Gasteiger partial charge in [0.15, 0.2) is 5.65 Å². The molecule has 2 amide bonds. The van der Waals surface area contributed by atoms with E-state index in [0.29, 0.717) is 49.5 Å². The van der Waals surface area contributed by atoms with Crippen molar-refractivity contribution in [2.75, 3.05) is 29.9 Å². The molecule has 162 valence electrons. The summed E-state index contributed by atoms with van der Waals surface area (Å²) in [7, 11) is 0. The van der Waals surface area contributed by atoms with Crippen LogP contribution < -0.4 is 10.2 Å². The fraction of sp³-hybridized carbons (Fsp3) is 0.381. The lowest BCUT2D eigenvalue weighted by Crippen LogP contribution is -2.33. The van der Waals surface area contributed by atoms with Crippen LogP contribution in [0.1, 0.15) is 33.6 Å². The van der Waals surface area contributed by atoms with Crippen LogP contribution in [0, 0.1) is 11.6 Å². The molecule has 2 saturated heterocycles. The molecule has 2 atom stereocenters. The molecule has 4 heterocycles. The predicted molar refractivity (Wildman–Crippen MR) is 110 cm³/mol. The molecule has 2 aliphatic heterocycles. The molecule has 31 heavy (non-hydrogen) atoms. The van der Waals surface area contributed by atoms with E-state index in [1.165, 1.54) is 15.6 Å². The van der Waals surface area contributed by atoms with Crippen LogP contribution in [0.15, 0.2) is 36.6 Å². The van der Waals surface area contributed by atoms with Crippen LogP contribution in [0.3, 0.4) is 0 Å². The SMILES string of the molecule is [2H]c1c(F)cc([C@H]2CCCN2c2ccn3ncc(NC(=O)N4CC[C@H](O)C4)c3n2)c(F)c1[2H]. The Labute approximate surface area is 179 Å². The highest BCUT2D eigenvalue weighted by atomic mass is 19.1. The van der Waals surface area contributed by atoms with Gasteiger partial charge in [-0.15, -0.1) is 0 Å². The van der Waals surface area contributed by atoms with Crippen LogP contribution >= 0.6 is 0 Å². The smallest absolute Gasteiger partial charge is 0.322 e. The molecule has 5 rings (SSSR count). The molecule has 10 heteroatoms. The molecule has 0 aliphatic carbocycles. The topological polar surface area (TPSA) is 86.0 Å². The van der Waals surface area contributed by atoms with E-state index in [1.54, 1.807) is 12.3 Å². The number of anilines is 2. The van der Waals surface area contributed by atoms with Crippen LogP contribution in [0.4, 0.5) is 25.1 Å². The number of nitrogens with one attached hydrogen (secondary N) is 1. The van der Waals surface area contributed by atoms with Crippen LogP contribution in [0.2, 0.25) is 0 Å². The monoisotopic (exact) mass is 430 g/mol. The highest BCUT2D eigenvalue weighted by molar-refractivity contribution is 5.93. The van der Waals surface area contributed by atoms with Crippen molar-refractivity contribution >= 4 is 23.2 Å². The van der Waals surface area contributed by atoms with Gasteiger partial charge in [0.05, 0.1) is 21.1 Å². The second-order valence-electron chi connectivity index (χ2n) is 7.79. The van der Waals surface area contributed by atoms with Gasteiger partial charge in [-0.2, -0.15) is 5.10 Å². The predicted octanol–water partition coefficient (Wildman–Crippen LogP) is 2.95. The van der Waals surface area contributed by atoms with Gasteiger partial charge in [-0.3, -0.25) is 0 Å². The summed E-state index contributed by atoms with van der Waals surface area (Å²) in [5, 5.41) is 16.6. The maximum absolute atomic E-state index is 14.8. The minimum atomic E-state index is -0.931. The van der Waals surface area contributed by atoms with Crippen molar-refractivity contribution in [1.29, 1.82) is 0 Å². The van der Waals surface area contributed by atoms with E-state index in [-0.39, 0.29) is 18.1 Å². The first-order valence-corrected chi connectivity index (χ1v) is 10.1. The Morgan fingerprint density at radius 2 is 2.16 bits per heavy atom. The van der Waals surface area contributed by atoms with Crippen LogP contribution in [0.5, 0.6) is 0 Å². The van der Waals surface area contributed by atoms with Crippen molar-refractivity contribution in [3.63, 3.8) is 0 Å². The summed E-state index contributed by atoms with van der Waals surface area (Å²) in [5.41, 5.74) is 0.811. The van der Waals surface area contributed by atoms with Gasteiger partial charge in [-0.1, -0.05) is 0 Å². The van der Waals surface area contributed by atoms with Crippen LogP contribution in [0.25, 0.3) is 5.65 Å². The van der Waals surface area contributed by atoms with Crippen molar-refractivity contribution < 1.29 is 21.4 Å². The van der Waals surface area contributed by atoms with E-state index in [0.717, 1.165) is 6.07 Å². The van der Waals surface area contributed by atoms with E-state index in [4.69, 9.17) is 2.74 Å². The summed E-state index contributed by atoms with van der Waals surface area (Å²) in [6.45, 7) is 1.26. The van der Waals surface area contributed by atoms with Gasteiger partial charge in [-0.05, 0) is 43.5 Å². The van der Waals surface area contributed by atoms with Crippen molar-refractivity contribution in [1.82, 2.24) is 19.5 Å². The lowest BCUT2D eigenvalue weighted by atomic mass is 10.0. The summed E-state index contributed by atoms with van der Waals surface area (Å²) in [5.74, 6) is -1.33. The zero-order valence-corrected chi connectivity index (χ0v) is 16.6. The fourth-order valence-electron chi connectivity index (χ4n) is 4.26. The van der Waals surface area contributed by atoms with E-state index >= 15 is 0 Å². The Balaban J connectivity index is 1.45. The summed E-state index contributed by atoms with van der Waals surface area (Å²) >= 11 is 0. The Kier molecular flexibility index (Phi) is 4.36. The zero-order chi connectivity index (χ0) is 23.3. The number of aromatic nitrogens is 3. The minimum absolute atomic E-state index is 0.0299. The van der Waals surface area contributed by atoms with Gasteiger partial charge in [0, 0.05) is 31.4 Å². The standard InChI is InChI=1S/C21H22F2N6O2/c22-13-3-4-16(23)15(10-13)18-2-1-7-28(18)19-6-9-29-20(26-19)17(11-24-29)25-21(31)27-8-5-14(30)12-27/h3-4,6,9-11,14,18,30H,1-2,5,7-8,12H2,(H,25,31)/t14-,18+/m0/s1/i3D,4D. The number of fused-ring (bicyclic) bond motifs is 1. The molecule has 0 unspecified atom stereocenters. The number of rotatable bonds is 3. The molecule has 1 aromatic carbocycles. The molecular formula is C21H22F2N6O2. The molecule has 0 saturated carbocycles. The summed E-state index contributed by atoms with van der Waals surface area (Å²) in [6.07, 6.45) is 4.40. The zero-order valence-electron chi connectivity index (χ0n) is 18.6. The molecule has 2 N–H and O–H groups in total. The molecule has 0 bridgehead atoms. The highest BCUT2D eigenvalue weighted by Gasteiger charge is 2.30. The lowest BCUT2D eigenvalue weighted by molar-refractivity contribution is 0.176. The van der Waals surface area contributed by atoms with E-state index in [2.05, 4.69) is 15.4 Å². The number of benzene rings is 1. The quantitative estimate of drug-likeness (QED) is 0.667. The number of carbonyl (C=O) groups is 1. The Bertz CT molecular complexity index is 1240. The number of aliphatic hydroxyl groups is 1.